The largest absolute Gasteiger partial charge is 0.352 e. The highest BCUT2D eigenvalue weighted by molar-refractivity contribution is 7.09. The maximum absolute atomic E-state index is 11.8. The molecule has 2 aromatic heterocycles. The van der Waals surface area contributed by atoms with Crippen LogP contribution in [0.5, 0.6) is 0 Å². The number of carbonyl (C=O) groups excluding carboxylic acids is 1. The van der Waals surface area contributed by atoms with Gasteiger partial charge >= 0.3 is 0 Å². The average molecular weight is 282 g/mol. The summed E-state index contributed by atoms with van der Waals surface area (Å²) in [6, 6.07) is 1.60. The minimum Gasteiger partial charge on any atom is -0.352 e. The molecule has 0 aromatic carbocycles. The second kappa shape index (κ2) is 5.93. The fraction of sp³-hybridized carbons (Fsp3) is 0.250. The van der Waals surface area contributed by atoms with Crippen LogP contribution in [0.3, 0.4) is 0 Å². The maximum atomic E-state index is 11.8. The van der Waals surface area contributed by atoms with Crippen molar-refractivity contribution in [3.05, 3.63) is 45.1 Å². The van der Waals surface area contributed by atoms with E-state index in [0.29, 0.717) is 17.1 Å². The Morgan fingerprint density at radius 1 is 1.50 bits per heavy atom. The molecule has 0 atom stereocenters. The predicted molar refractivity (Wildman–Crippen MR) is 72.1 cm³/mol. The van der Waals surface area contributed by atoms with Crippen molar-refractivity contribution >= 4 is 28.8 Å². The molecule has 18 heavy (non-hydrogen) atoms. The van der Waals surface area contributed by atoms with Gasteiger partial charge in [0.15, 0.2) is 0 Å². The maximum Gasteiger partial charge on any atom is 0.252 e. The van der Waals surface area contributed by atoms with Crippen LogP contribution in [-0.2, 0) is 6.42 Å². The number of thiazole rings is 1. The number of hydrogen-bond donors (Lipinski definition) is 1. The topological polar surface area (TPSA) is 54.9 Å². The van der Waals surface area contributed by atoms with E-state index in [1.54, 1.807) is 17.4 Å². The number of amides is 1. The van der Waals surface area contributed by atoms with Crippen molar-refractivity contribution < 1.29 is 4.79 Å². The third-order valence-corrected chi connectivity index (χ3v) is 3.65. The van der Waals surface area contributed by atoms with Gasteiger partial charge in [-0.25, -0.2) is 4.98 Å². The van der Waals surface area contributed by atoms with E-state index in [-0.39, 0.29) is 5.91 Å². The minimum absolute atomic E-state index is 0.160. The van der Waals surface area contributed by atoms with Crippen molar-refractivity contribution in [3.8, 4) is 0 Å². The van der Waals surface area contributed by atoms with E-state index in [9.17, 15) is 4.79 Å². The lowest BCUT2D eigenvalue weighted by Crippen LogP contribution is -2.25. The number of nitrogens with one attached hydrogen (secondary N) is 1. The Balaban J connectivity index is 1.87. The summed E-state index contributed by atoms with van der Waals surface area (Å²) in [4.78, 5) is 21.0. The van der Waals surface area contributed by atoms with Gasteiger partial charge in [-0.05, 0) is 13.0 Å². The van der Waals surface area contributed by atoms with Crippen LogP contribution in [0.25, 0.3) is 0 Å². The number of carbonyl (C=O) groups is 1. The monoisotopic (exact) mass is 281 g/mol. The second-order valence-corrected chi connectivity index (χ2v) is 5.13. The SMILES string of the molecule is Cc1ncsc1CCNC(=O)c1cncc(Cl)c1. The van der Waals surface area contributed by atoms with Gasteiger partial charge in [-0.15, -0.1) is 11.3 Å². The molecule has 2 aromatic rings. The molecule has 0 radical (unpaired) electrons. The molecule has 94 valence electrons. The average Bonchev–Trinajstić information content (AvgIpc) is 2.75. The van der Waals surface area contributed by atoms with Gasteiger partial charge in [-0.2, -0.15) is 0 Å². The number of halogens is 1. The van der Waals surface area contributed by atoms with E-state index < -0.39 is 0 Å². The van der Waals surface area contributed by atoms with Gasteiger partial charge in [0.25, 0.3) is 5.91 Å². The van der Waals surface area contributed by atoms with Crippen LogP contribution in [0.1, 0.15) is 20.9 Å². The standard InChI is InChI=1S/C12H12ClN3OS/c1-8-11(18-7-16-8)2-3-15-12(17)9-4-10(13)6-14-5-9/h4-7H,2-3H2,1H3,(H,15,17). The Labute approximate surface area is 114 Å². The van der Waals surface area contributed by atoms with Crippen LogP contribution in [0.15, 0.2) is 24.0 Å². The predicted octanol–water partition coefficient (Wildman–Crippen LogP) is 2.47. The fourth-order valence-corrected chi connectivity index (χ4v) is 2.45. The Kier molecular flexibility index (Phi) is 4.28. The Hall–Kier alpha value is -1.46. The molecule has 0 fully saturated rings. The van der Waals surface area contributed by atoms with Crippen molar-refractivity contribution in [2.45, 2.75) is 13.3 Å². The normalized spacial score (nSPS) is 10.3. The Morgan fingerprint density at radius 3 is 3.00 bits per heavy atom. The lowest BCUT2D eigenvalue weighted by molar-refractivity contribution is 0.0954. The molecule has 0 bridgehead atoms. The van der Waals surface area contributed by atoms with Crippen molar-refractivity contribution in [2.24, 2.45) is 0 Å². The fourth-order valence-electron chi connectivity index (χ4n) is 1.49. The van der Waals surface area contributed by atoms with Crippen LogP contribution in [0.4, 0.5) is 0 Å². The molecule has 0 saturated heterocycles. The van der Waals surface area contributed by atoms with Gasteiger partial charge in [0.2, 0.25) is 0 Å². The molecule has 4 nitrogen and oxygen atoms in total. The number of rotatable bonds is 4. The first-order chi connectivity index (χ1) is 8.66. The van der Waals surface area contributed by atoms with Gasteiger partial charge < -0.3 is 5.32 Å². The number of nitrogens with zero attached hydrogens (tertiary/aromatic N) is 2. The third kappa shape index (κ3) is 3.27. The van der Waals surface area contributed by atoms with Crippen LogP contribution in [0, 0.1) is 6.92 Å². The van der Waals surface area contributed by atoms with Crippen molar-refractivity contribution in [1.29, 1.82) is 0 Å². The summed E-state index contributed by atoms with van der Waals surface area (Å²) in [5, 5.41) is 3.29. The van der Waals surface area contributed by atoms with Gasteiger partial charge in [0.1, 0.15) is 0 Å². The van der Waals surface area contributed by atoms with Crippen LogP contribution >= 0.6 is 22.9 Å². The Morgan fingerprint density at radius 2 is 2.33 bits per heavy atom. The van der Waals surface area contributed by atoms with Crippen molar-refractivity contribution in [3.63, 3.8) is 0 Å². The number of hydrogen-bond acceptors (Lipinski definition) is 4. The van der Waals surface area contributed by atoms with Crippen LogP contribution in [-0.4, -0.2) is 22.4 Å². The molecule has 6 heteroatoms. The smallest absolute Gasteiger partial charge is 0.252 e. The zero-order chi connectivity index (χ0) is 13.0. The number of aromatic nitrogens is 2. The van der Waals surface area contributed by atoms with E-state index in [0.717, 1.165) is 12.1 Å². The molecule has 0 aliphatic rings. The molecule has 2 rings (SSSR count). The molecular formula is C12H12ClN3OS. The summed E-state index contributed by atoms with van der Waals surface area (Å²) in [5.41, 5.74) is 3.31. The van der Waals surface area contributed by atoms with E-state index in [2.05, 4.69) is 15.3 Å². The lowest BCUT2D eigenvalue weighted by atomic mass is 10.2. The molecular weight excluding hydrogens is 270 g/mol. The highest BCUT2D eigenvalue weighted by Gasteiger charge is 2.07. The summed E-state index contributed by atoms with van der Waals surface area (Å²) in [6.07, 6.45) is 3.79. The van der Waals surface area contributed by atoms with E-state index in [1.807, 2.05) is 12.4 Å². The Bertz CT molecular complexity index is 556. The highest BCUT2D eigenvalue weighted by atomic mass is 35.5. The summed E-state index contributed by atoms with van der Waals surface area (Å²) >= 11 is 7.38. The first-order valence-corrected chi connectivity index (χ1v) is 6.70. The molecule has 0 aliphatic carbocycles. The van der Waals surface area contributed by atoms with E-state index in [4.69, 9.17) is 11.6 Å². The zero-order valence-electron chi connectivity index (χ0n) is 9.81. The van der Waals surface area contributed by atoms with Crippen LogP contribution in [0.2, 0.25) is 5.02 Å². The molecule has 1 N–H and O–H groups in total. The summed E-state index contributed by atoms with van der Waals surface area (Å²) < 4.78 is 0. The minimum atomic E-state index is -0.160. The molecule has 0 saturated carbocycles. The van der Waals surface area contributed by atoms with Gasteiger partial charge in [0, 0.05) is 30.2 Å². The third-order valence-electron chi connectivity index (χ3n) is 2.45. The van der Waals surface area contributed by atoms with Gasteiger partial charge in [-0.1, -0.05) is 11.6 Å². The molecule has 0 spiro atoms. The summed E-state index contributed by atoms with van der Waals surface area (Å²) in [6.45, 7) is 2.54. The quantitative estimate of drug-likeness (QED) is 0.937. The van der Waals surface area contributed by atoms with Crippen LogP contribution < -0.4 is 5.32 Å². The molecule has 2 heterocycles. The zero-order valence-corrected chi connectivity index (χ0v) is 11.4. The lowest BCUT2D eigenvalue weighted by Gasteiger charge is -2.04. The van der Waals surface area contributed by atoms with Gasteiger partial charge in [0.05, 0.1) is 21.8 Å². The number of pyridine rings is 1. The van der Waals surface area contributed by atoms with Crippen molar-refractivity contribution in [2.75, 3.05) is 6.54 Å². The van der Waals surface area contributed by atoms with Crippen molar-refractivity contribution in [1.82, 2.24) is 15.3 Å². The molecule has 1 amide bonds. The first kappa shape index (κ1) is 13.0. The summed E-state index contributed by atoms with van der Waals surface area (Å²) in [5.74, 6) is -0.160. The number of aryl methyl sites for hydroxylation is 1. The summed E-state index contributed by atoms with van der Waals surface area (Å²) in [7, 11) is 0. The second-order valence-electron chi connectivity index (χ2n) is 3.76. The molecule has 0 unspecified atom stereocenters. The van der Waals surface area contributed by atoms with E-state index in [1.165, 1.54) is 17.3 Å². The molecule has 0 aliphatic heterocycles. The first-order valence-electron chi connectivity index (χ1n) is 5.44. The van der Waals surface area contributed by atoms with Gasteiger partial charge in [-0.3, -0.25) is 9.78 Å². The van der Waals surface area contributed by atoms with E-state index >= 15 is 0 Å². The highest BCUT2D eigenvalue weighted by Crippen LogP contribution is 2.12.